The number of aryl methyl sites for hydroxylation is 1. The Hall–Kier alpha value is -3.66. The van der Waals surface area contributed by atoms with Crippen molar-refractivity contribution in [3.05, 3.63) is 59.4 Å². The number of nitrogens with zero attached hydrogens (tertiary/aromatic N) is 3. The second kappa shape index (κ2) is 10.5. The standard InChI is InChI=1S/C29H34N4O5S/c1-4-5-12-26-30-29(15-8-9-16-29)28(35)33(26)18-21-13-14-22(24(34)17-21)23-10-6-7-11-25(23)39(36,37)32-27-19(2)20(3)38-31-27/h6-7,10-11,13-14,17,34H,4-5,8-9,12,15-16,18H2,1-3H3,(H,31,32). The molecular formula is C29H34N4O5S. The molecule has 2 aromatic carbocycles. The average Bonchev–Trinajstić information content (AvgIpc) is 3.59. The molecule has 1 fully saturated rings. The Morgan fingerprint density at radius 2 is 1.85 bits per heavy atom. The number of unbranched alkanes of at least 4 members (excludes halogenated alkanes) is 1. The lowest BCUT2D eigenvalue weighted by atomic mass is 9.98. The van der Waals surface area contributed by atoms with Crippen LogP contribution in [0.25, 0.3) is 11.1 Å². The third-order valence-corrected chi connectivity index (χ3v) is 9.14. The lowest BCUT2D eigenvalue weighted by Crippen LogP contribution is -2.40. The van der Waals surface area contributed by atoms with Gasteiger partial charge in [-0.2, -0.15) is 0 Å². The largest absolute Gasteiger partial charge is 0.507 e. The molecule has 39 heavy (non-hydrogen) atoms. The molecule has 1 amide bonds. The Balaban J connectivity index is 1.42. The van der Waals surface area contributed by atoms with E-state index in [1.54, 1.807) is 49.1 Å². The van der Waals surface area contributed by atoms with Crippen molar-refractivity contribution < 1.29 is 22.8 Å². The summed E-state index contributed by atoms with van der Waals surface area (Å²) < 4.78 is 34.2. The van der Waals surface area contributed by atoms with Crippen molar-refractivity contribution in [3.63, 3.8) is 0 Å². The van der Waals surface area contributed by atoms with Gasteiger partial charge in [0.2, 0.25) is 0 Å². The normalized spacial score (nSPS) is 16.7. The summed E-state index contributed by atoms with van der Waals surface area (Å²) >= 11 is 0. The van der Waals surface area contributed by atoms with Crippen LogP contribution in [0.1, 0.15) is 68.8 Å². The van der Waals surface area contributed by atoms with Crippen LogP contribution in [0.4, 0.5) is 5.82 Å². The molecule has 0 radical (unpaired) electrons. The molecule has 2 heterocycles. The zero-order valence-electron chi connectivity index (χ0n) is 22.5. The van der Waals surface area contributed by atoms with E-state index in [-0.39, 0.29) is 22.4 Å². The van der Waals surface area contributed by atoms with Gasteiger partial charge in [-0.3, -0.25) is 19.4 Å². The number of aromatic nitrogens is 1. The lowest BCUT2D eigenvalue weighted by Gasteiger charge is -2.23. The number of nitrogens with one attached hydrogen (secondary N) is 1. The molecule has 0 saturated heterocycles. The van der Waals surface area contributed by atoms with Crippen molar-refractivity contribution in [2.24, 2.45) is 4.99 Å². The van der Waals surface area contributed by atoms with Gasteiger partial charge in [0.15, 0.2) is 5.82 Å². The number of anilines is 1. The first-order chi connectivity index (χ1) is 18.6. The summed E-state index contributed by atoms with van der Waals surface area (Å²) in [7, 11) is -4.04. The van der Waals surface area contributed by atoms with Crippen molar-refractivity contribution in [2.75, 3.05) is 4.72 Å². The van der Waals surface area contributed by atoms with E-state index in [0.29, 0.717) is 29.0 Å². The van der Waals surface area contributed by atoms with E-state index in [1.807, 2.05) is 6.07 Å². The molecule has 1 aliphatic heterocycles. The SMILES string of the molecule is CCCCC1=NC2(CCCC2)C(=O)N1Cc1ccc(-c2ccccc2S(=O)(=O)Nc2noc(C)c2C)c(O)c1. The highest BCUT2D eigenvalue weighted by molar-refractivity contribution is 7.92. The first-order valence-electron chi connectivity index (χ1n) is 13.4. The van der Waals surface area contributed by atoms with Crippen LogP contribution in [-0.2, 0) is 21.4 Å². The Bertz CT molecular complexity index is 1540. The first kappa shape index (κ1) is 26.9. The number of amidine groups is 1. The van der Waals surface area contributed by atoms with Crippen molar-refractivity contribution in [1.82, 2.24) is 10.1 Å². The van der Waals surface area contributed by atoms with Crippen LogP contribution in [0.2, 0.25) is 0 Å². The van der Waals surface area contributed by atoms with Crippen LogP contribution in [0.15, 0.2) is 56.9 Å². The third kappa shape index (κ3) is 5.05. The molecule has 1 aromatic heterocycles. The van der Waals surface area contributed by atoms with E-state index in [0.717, 1.165) is 56.3 Å². The lowest BCUT2D eigenvalue weighted by molar-refractivity contribution is -0.131. The summed E-state index contributed by atoms with van der Waals surface area (Å²) in [6.45, 7) is 5.85. The number of benzene rings is 2. The monoisotopic (exact) mass is 550 g/mol. The summed E-state index contributed by atoms with van der Waals surface area (Å²) in [6.07, 6.45) is 6.30. The maximum Gasteiger partial charge on any atom is 0.263 e. The summed E-state index contributed by atoms with van der Waals surface area (Å²) in [5.41, 5.74) is 1.44. The minimum absolute atomic E-state index is 0.0000147. The Morgan fingerprint density at radius 1 is 1.10 bits per heavy atom. The topological polar surface area (TPSA) is 125 Å². The van der Waals surface area contributed by atoms with Gasteiger partial charge in [-0.15, -0.1) is 0 Å². The highest BCUT2D eigenvalue weighted by Crippen LogP contribution is 2.41. The number of rotatable bonds is 9. The van der Waals surface area contributed by atoms with Crippen molar-refractivity contribution in [1.29, 1.82) is 0 Å². The van der Waals surface area contributed by atoms with Gasteiger partial charge in [0, 0.05) is 23.1 Å². The smallest absolute Gasteiger partial charge is 0.263 e. The van der Waals surface area contributed by atoms with Gasteiger partial charge in [0.25, 0.3) is 15.9 Å². The maximum atomic E-state index is 13.5. The molecular weight excluding hydrogens is 516 g/mol. The van der Waals surface area contributed by atoms with Crippen LogP contribution in [-0.4, -0.2) is 40.9 Å². The number of phenols is 1. The van der Waals surface area contributed by atoms with E-state index in [9.17, 15) is 18.3 Å². The number of amides is 1. The Kier molecular flexibility index (Phi) is 7.24. The molecule has 1 spiro atoms. The fourth-order valence-electron chi connectivity index (χ4n) is 5.40. The molecule has 2 aliphatic rings. The van der Waals surface area contributed by atoms with Crippen LogP contribution in [0.5, 0.6) is 5.75 Å². The number of sulfonamides is 1. The second-order valence-electron chi connectivity index (χ2n) is 10.4. The molecule has 0 unspecified atom stereocenters. The number of carbonyl (C=O) groups is 1. The van der Waals surface area contributed by atoms with Gasteiger partial charge < -0.3 is 9.63 Å². The summed E-state index contributed by atoms with van der Waals surface area (Å²) in [5, 5.41) is 14.9. The fraction of sp³-hybridized carbons (Fsp3) is 0.414. The van der Waals surface area contributed by atoms with Crippen LogP contribution in [0, 0.1) is 13.8 Å². The number of aliphatic imine (C=N–C) groups is 1. The van der Waals surface area contributed by atoms with Crippen LogP contribution < -0.4 is 4.72 Å². The second-order valence-corrected chi connectivity index (χ2v) is 12.1. The van der Waals surface area contributed by atoms with Gasteiger partial charge in [-0.25, -0.2) is 8.42 Å². The molecule has 9 nitrogen and oxygen atoms in total. The van der Waals surface area contributed by atoms with Crippen LogP contribution >= 0.6 is 0 Å². The number of hydrogen-bond donors (Lipinski definition) is 2. The summed E-state index contributed by atoms with van der Waals surface area (Å²) in [6, 6.07) is 11.6. The van der Waals surface area contributed by atoms with Crippen molar-refractivity contribution >= 4 is 27.6 Å². The van der Waals surface area contributed by atoms with Gasteiger partial charge >= 0.3 is 0 Å². The van der Waals surface area contributed by atoms with Crippen molar-refractivity contribution in [2.45, 2.75) is 82.7 Å². The minimum atomic E-state index is -4.04. The number of aromatic hydroxyl groups is 1. The molecule has 5 rings (SSSR count). The molecule has 10 heteroatoms. The van der Waals surface area contributed by atoms with Gasteiger partial charge in [-0.1, -0.05) is 61.7 Å². The summed E-state index contributed by atoms with van der Waals surface area (Å²) in [5.74, 6) is 1.45. The average molecular weight is 551 g/mol. The van der Waals surface area contributed by atoms with Crippen molar-refractivity contribution in [3.8, 4) is 16.9 Å². The zero-order chi connectivity index (χ0) is 27.8. The van der Waals surface area contributed by atoms with E-state index in [1.165, 1.54) is 6.07 Å². The molecule has 3 aromatic rings. The molecule has 206 valence electrons. The zero-order valence-corrected chi connectivity index (χ0v) is 23.3. The van der Waals surface area contributed by atoms with Gasteiger partial charge in [0.05, 0.1) is 11.4 Å². The fourth-order valence-corrected chi connectivity index (χ4v) is 6.68. The number of phenolic OH excluding ortho intramolecular Hbond substituents is 1. The third-order valence-electron chi connectivity index (χ3n) is 7.74. The highest BCUT2D eigenvalue weighted by atomic mass is 32.2. The predicted molar refractivity (Wildman–Crippen MR) is 149 cm³/mol. The van der Waals surface area contributed by atoms with Crippen LogP contribution in [0.3, 0.4) is 0 Å². The quantitative estimate of drug-likeness (QED) is 0.352. The predicted octanol–water partition coefficient (Wildman–Crippen LogP) is 5.71. The van der Waals surface area contributed by atoms with E-state index in [2.05, 4.69) is 16.8 Å². The first-order valence-corrected chi connectivity index (χ1v) is 14.9. The van der Waals surface area contributed by atoms with E-state index in [4.69, 9.17) is 9.52 Å². The molecule has 2 N–H and O–H groups in total. The molecule has 0 bridgehead atoms. The minimum Gasteiger partial charge on any atom is -0.507 e. The molecule has 1 aliphatic carbocycles. The summed E-state index contributed by atoms with van der Waals surface area (Å²) in [4.78, 5) is 20.2. The Morgan fingerprint density at radius 3 is 2.51 bits per heavy atom. The van der Waals surface area contributed by atoms with Gasteiger partial charge in [-0.05, 0) is 50.8 Å². The van der Waals surface area contributed by atoms with E-state index >= 15 is 0 Å². The Labute approximate surface area is 229 Å². The van der Waals surface area contributed by atoms with Gasteiger partial charge in [0.1, 0.15) is 22.9 Å². The number of hydrogen-bond acceptors (Lipinski definition) is 7. The molecule has 1 saturated carbocycles. The molecule has 0 atom stereocenters. The highest BCUT2D eigenvalue weighted by Gasteiger charge is 2.49. The maximum absolute atomic E-state index is 13.5. The number of carbonyl (C=O) groups excluding carboxylic acids is 1. The van der Waals surface area contributed by atoms with E-state index < -0.39 is 15.6 Å².